The molecule has 1 saturated heterocycles. The Balaban J connectivity index is 2.29. The van der Waals surface area contributed by atoms with Crippen LogP contribution in [0.5, 0.6) is 0 Å². The third kappa shape index (κ3) is 3.49. The summed E-state index contributed by atoms with van der Waals surface area (Å²) in [5.74, 6) is -4.40. The van der Waals surface area contributed by atoms with Crippen molar-refractivity contribution in [3.05, 3.63) is 35.4 Å². The van der Waals surface area contributed by atoms with Crippen molar-refractivity contribution in [2.24, 2.45) is 5.92 Å². The van der Waals surface area contributed by atoms with Gasteiger partial charge in [-0.25, -0.2) is 8.78 Å². The maximum atomic E-state index is 13.5. The number of hydrogen-bond donors (Lipinski definition) is 1. The molecule has 0 radical (unpaired) electrons. The fourth-order valence-electron chi connectivity index (χ4n) is 2.11. The van der Waals surface area contributed by atoms with E-state index in [1.165, 1.54) is 0 Å². The molecule has 1 fully saturated rings. The average Bonchev–Trinajstić information content (AvgIpc) is 2.89. The van der Waals surface area contributed by atoms with Crippen molar-refractivity contribution in [3.8, 4) is 0 Å². The van der Waals surface area contributed by atoms with E-state index in [-0.39, 0.29) is 19.6 Å². The van der Waals surface area contributed by atoms with E-state index in [1.54, 1.807) is 5.32 Å². The van der Waals surface area contributed by atoms with Crippen molar-refractivity contribution in [2.75, 3.05) is 13.2 Å². The number of nitrogens with one attached hydrogen (secondary N) is 1. The van der Waals surface area contributed by atoms with Gasteiger partial charge in [-0.1, -0.05) is 6.07 Å². The number of carbonyl (C=O) groups excluding carboxylic acids is 1. The van der Waals surface area contributed by atoms with Crippen LogP contribution in [0.25, 0.3) is 0 Å². The molecule has 1 N–H and O–H groups in total. The lowest BCUT2D eigenvalue weighted by Gasteiger charge is -2.24. The molecule has 1 aliphatic heterocycles. The third-order valence-corrected chi connectivity index (χ3v) is 3.20. The smallest absolute Gasteiger partial charge is 0.381 e. The Hall–Kier alpha value is -1.70. The largest absolute Gasteiger partial charge is 0.413 e. The number of halogens is 5. The van der Waals surface area contributed by atoms with E-state index in [2.05, 4.69) is 0 Å². The summed E-state index contributed by atoms with van der Waals surface area (Å²) in [4.78, 5) is 11.8. The standard InChI is InChI=1S/C13H12F5NO2/c14-8-2-1-3-9(15)10(8)11(13(16,17)18)19-12(20)7-4-5-21-6-7/h1-3,7,11H,4-6H2,(H,19,20)/t7-,11-/m1/s1. The minimum absolute atomic E-state index is 0.00381. The first-order chi connectivity index (χ1) is 9.80. The summed E-state index contributed by atoms with van der Waals surface area (Å²) in [5.41, 5.74) is -1.21. The van der Waals surface area contributed by atoms with Crippen LogP contribution in [-0.4, -0.2) is 25.3 Å². The van der Waals surface area contributed by atoms with E-state index >= 15 is 0 Å². The van der Waals surface area contributed by atoms with Gasteiger partial charge in [-0.05, 0) is 18.6 Å². The van der Waals surface area contributed by atoms with Crippen molar-refractivity contribution in [2.45, 2.75) is 18.6 Å². The molecule has 0 bridgehead atoms. The Kier molecular flexibility index (Phi) is 4.46. The highest BCUT2D eigenvalue weighted by atomic mass is 19.4. The molecule has 0 aromatic heterocycles. The zero-order valence-corrected chi connectivity index (χ0v) is 10.7. The normalized spacial score (nSPS) is 20.3. The Labute approximate surface area is 117 Å². The molecular weight excluding hydrogens is 297 g/mol. The van der Waals surface area contributed by atoms with E-state index < -0.39 is 41.2 Å². The third-order valence-electron chi connectivity index (χ3n) is 3.20. The zero-order chi connectivity index (χ0) is 15.6. The second-order valence-electron chi connectivity index (χ2n) is 4.68. The van der Waals surface area contributed by atoms with Crippen molar-refractivity contribution >= 4 is 5.91 Å². The van der Waals surface area contributed by atoms with Crippen LogP contribution in [0.1, 0.15) is 18.0 Å². The molecule has 116 valence electrons. The molecule has 1 aromatic rings. The molecule has 0 unspecified atom stereocenters. The molecule has 0 spiro atoms. The lowest BCUT2D eigenvalue weighted by atomic mass is 10.0. The van der Waals surface area contributed by atoms with Gasteiger partial charge in [-0.3, -0.25) is 4.79 Å². The number of rotatable bonds is 3. The summed E-state index contributed by atoms with van der Waals surface area (Å²) in [5, 5.41) is 1.67. The lowest BCUT2D eigenvalue weighted by Crippen LogP contribution is -2.42. The Morgan fingerprint density at radius 2 is 1.90 bits per heavy atom. The van der Waals surface area contributed by atoms with Crippen LogP contribution >= 0.6 is 0 Å². The number of amides is 1. The highest BCUT2D eigenvalue weighted by Crippen LogP contribution is 2.35. The highest BCUT2D eigenvalue weighted by Gasteiger charge is 2.45. The molecule has 8 heteroatoms. The van der Waals surface area contributed by atoms with Crippen LogP contribution in [0, 0.1) is 17.6 Å². The first-order valence-electron chi connectivity index (χ1n) is 6.19. The zero-order valence-electron chi connectivity index (χ0n) is 10.7. The summed E-state index contributed by atoms with van der Waals surface area (Å²) < 4.78 is 71.1. The van der Waals surface area contributed by atoms with Crippen LogP contribution in [-0.2, 0) is 9.53 Å². The minimum atomic E-state index is -5.02. The maximum Gasteiger partial charge on any atom is 0.413 e. The molecular formula is C13H12F5NO2. The fourth-order valence-corrected chi connectivity index (χ4v) is 2.11. The Morgan fingerprint density at radius 1 is 1.29 bits per heavy atom. The molecule has 2 atom stereocenters. The molecule has 3 nitrogen and oxygen atoms in total. The van der Waals surface area contributed by atoms with Gasteiger partial charge in [0.2, 0.25) is 5.91 Å². The van der Waals surface area contributed by atoms with E-state index in [0.29, 0.717) is 12.1 Å². The molecule has 0 aliphatic carbocycles. The molecule has 1 amide bonds. The predicted octanol–water partition coefficient (Wildman–Crippen LogP) is 2.72. The van der Waals surface area contributed by atoms with Gasteiger partial charge in [0.1, 0.15) is 11.6 Å². The van der Waals surface area contributed by atoms with Crippen molar-refractivity contribution in [1.29, 1.82) is 0 Å². The molecule has 1 heterocycles. The van der Waals surface area contributed by atoms with Gasteiger partial charge in [-0.2, -0.15) is 13.2 Å². The summed E-state index contributed by atoms with van der Waals surface area (Å²) >= 11 is 0. The quantitative estimate of drug-likeness (QED) is 0.872. The average molecular weight is 309 g/mol. The van der Waals surface area contributed by atoms with Crippen LogP contribution in [0.3, 0.4) is 0 Å². The van der Waals surface area contributed by atoms with E-state index in [4.69, 9.17) is 4.74 Å². The summed E-state index contributed by atoms with van der Waals surface area (Å²) in [6.45, 7) is 0.263. The number of hydrogen-bond acceptors (Lipinski definition) is 2. The Bertz CT molecular complexity index is 506. The monoisotopic (exact) mass is 309 g/mol. The SMILES string of the molecule is O=C(N[C@H](c1c(F)cccc1F)C(F)(F)F)[C@@H]1CCOC1. The molecule has 1 aromatic carbocycles. The minimum Gasteiger partial charge on any atom is -0.381 e. The van der Waals surface area contributed by atoms with E-state index in [1.807, 2.05) is 0 Å². The number of alkyl halides is 3. The number of carbonyl (C=O) groups is 1. The summed E-state index contributed by atoms with van der Waals surface area (Å²) in [6, 6.07) is -0.357. The van der Waals surface area contributed by atoms with Crippen molar-refractivity contribution in [1.82, 2.24) is 5.32 Å². The van der Waals surface area contributed by atoms with E-state index in [0.717, 1.165) is 6.07 Å². The molecule has 0 saturated carbocycles. The first-order valence-corrected chi connectivity index (χ1v) is 6.19. The van der Waals surface area contributed by atoms with Crippen molar-refractivity contribution in [3.63, 3.8) is 0 Å². The second-order valence-corrected chi connectivity index (χ2v) is 4.68. The van der Waals surface area contributed by atoms with Crippen LogP contribution < -0.4 is 5.32 Å². The Morgan fingerprint density at radius 3 is 2.38 bits per heavy atom. The fraction of sp³-hybridized carbons (Fsp3) is 0.462. The number of ether oxygens (including phenoxy) is 1. The first kappa shape index (κ1) is 15.7. The topological polar surface area (TPSA) is 38.3 Å². The summed E-state index contributed by atoms with van der Waals surface area (Å²) in [6.07, 6.45) is -4.74. The van der Waals surface area contributed by atoms with Gasteiger partial charge in [-0.15, -0.1) is 0 Å². The van der Waals surface area contributed by atoms with Gasteiger partial charge in [0.15, 0.2) is 6.04 Å². The molecule has 2 rings (SSSR count). The van der Waals surface area contributed by atoms with E-state index in [9.17, 15) is 26.7 Å². The number of benzene rings is 1. The predicted molar refractivity (Wildman–Crippen MR) is 62.2 cm³/mol. The second kappa shape index (κ2) is 5.97. The van der Waals surface area contributed by atoms with Gasteiger partial charge < -0.3 is 10.1 Å². The van der Waals surface area contributed by atoms with Crippen LogP contribution in [0.15, 0.2) is 18.2 Å². The maximum absolute atomic E-state index is 13.5. The van der Waals surface area contributed by atoms with Crippen LogP contribution in [0.2, 0.25) is 0 Å². The lowest BCUT2D eigenvalue weighted by molar-refractivity contribution is -0.165. The highest BCUT2D eigenvalue weighted by molar-refractivity contribution is 5.79. The molecule has 21 heavy (non-hydrogen) atoms. The van der Waals surface area contributed by atoms with Crippen LogP contribution in [0.4, 0.5) is 22.0 Å². The molecule has 1 aliphatic rings. The van der Waals surface area contributed by atoms with Gasteiger partial charge >= 0.3 is 6.18 Å². The summed E-state index contributed by atoms with van der Waals surface area (Å²) in [7, 11) is 0. The van der Waals surface area contributed by atoms with Gasteiger partial charge in [0.25, 0.3) is 0 Å². The van der Waals surface area contributed by atoms with Gasteiger partial charge in [0.05, 0.1) is 18.1 Å². The van der Waals surface area contributed by atoms with Crippen molar-refractivity contribution < 1.29 is 31.5 Å². The van der Waals surface area contributed by atoms with Gasteiger partial charge in [0, 0.05) is 6.61 Å².